The molecular formula is C12H15NO5S. The molecular weight excluding hydrogens is 270 g/mol. The number of aromatic carboxylic acids is 1. The van der Waals surface area contributed by atoms with Gasteiger partial charge in [0.2, 0.25) is 10.0 Å². The molecule has 1 fully saturated rings. The van der Waals surface area contributed by atoms with Crippen LogP contribution in [-0.4, -0.2) is 48.1 Å². The molecule has 1 aromatic rings. The zero-order valence-electron chi connectivity index (χ0n) is 10.4. The van der Waals surface area contributed by atoms with E-state index in [2.05, 4.69) is 0 Å². The lowest BCUT2D eigenvalue weighted by Gasteiger charge is -2.18. The summed E-state index contributed by atoms with van der Waals surface area (Å²) in [6.07, 6.45) is -0.255. The molecule has 7 heteroatoms. The van der Waals surface area contributed by atoms with Gasteiger partial charge < -0.3 is 10.2 Å². The smallest absolute Gasteiger partial charge is 0.335 e. The van der Waals surface area contributed by atoms with Crippen LogP contribution in [0.3, 0.4) is 0 Å². The quantitative estimate of drug-likeness (QED) is 0.840. The number of hydrogen-bond donors (Lipinski definition) is 2. The second kappa shape index (κ2) is 4.92. The fraction of sp³-hybridized carbons (Fsp3) is 0.417. The van der Waals surface area contributed by atoms with Crippen molar-refractivity contribution in [2.45, 2.75) is 24.3 Å². The molecule has 0 radical (unpaired) electrons. The maximum Gasteiger partial charge on any atom is 0.335 e. The number of aliphatic hydroxyl groups excluding tert-OH is 1. The fourth-order valence-electron chi connectivity index (χ4n) is 2.19. The number of carboxylic acids is 1. The molecule has 104 valence electrons. The standard InChI is InChI=1S/C12H15NO5S/c1-8-10(12(15)16)3-2-4-11(8)19(17,18)13-6-5-9(14)7-13/h2-4,9,14H,5-7H2,1H3,(H,15,16). The molecule has 6 nitrogen and oxygen atoms in total. The lowest BCUT2D eigenvalue weighted by molar-refractivity contribution is 0.0695. The molecule has 1 aromatic carbocycles. The zero-order valence-corrected chi connectivity index (χ0v) is 11.2. The summed E-state index contributed by atoms with van der Waals surface area (Å²) in [5.74, 6) is -1.16. The lowest BCUT2D eigenvalue weighted by atomic mass is 10.1. The van der Waals surface area contributed by atoms with Crippen LogP contribution in [0.25, 0.3) is 0 Å². The number of hydrogen-bond acceptors (Lipinski definition) is 4. The molecule has 1 saturated heterocycles. The third-order valence-corrected chi connectivity index (χ3v) is 5.27. The van der Waals surface area contributed by atoms with Gasteiger partial charge in [-0.05, 0) is 31.0 Å². The minimum Gasteiger partial charge on any atom is -0.478 e. The predicted molar refractivity (Wildman–Crippen MR) is 67.5 cm³/mol. The molecule has 0 spiro atoms. The fourth-order valence-corrected chi connectivity index (χ4v) is 3.93. The third kappa shape index (κ3) is 2.49. The summed E-state index contributed by atoms with van der Waals surface area (Å²) in [5, 5.41) is 18.4. The van der Waals surface area contributed by atoms with Crippen LogP contribution in [0, 0.1) is 6.92 Å². The molecule has 0 aromatic heterocycles. The lowest BCUT2D eigenvalue weighted by Crippen LogP contribution is -2.30. The first-order valence-electron chi connectivity index (χ1n) is 5.85. The minimum atomic E-state index is -3.75. The average molecular weight is 285 g/mol. The highest BCUT2D eigenvalue weighted by Gasteiger charge is 2.33. The highest BCUT2D eigenvalue weighted by molar-refractivity contribution is 7.89. The second-order valence-electron chi connectivity index (χ2n) is 4.54. The number of β-amino-alcohol motifs (C(OH)–C–C–N with tert-alkyl or cyclic N) is 1. The minimum absolute atomic E-state index is 0.0125. The summed E-state index contributed by atoms with van der Waals surface area (Å²) >= 11 is 0. The van der Waals surface area contributed by atoms with Gasteiger partial charge in [-0.3, -0.25) is 0 Å². The first kappa shape index (κ1) is 14.0. The maximum atomic E-state index is 12.4. The highest BCUT2D eigenvalue weighted by Crippen LogP contribution is 2.25. The molecule has 0 aliphatic carbocycles. The van der Waals surface area contributed by atoms with Gasteiger partial charge in [0.15, 0.2) is 0 Å². The first-order valence-corrected chi connectivity index (χ1v) is 7.29. The van der Waals surface area contributed by atoms with Crippen molar-refractivity contribution in [1.82, 2.24) is 4.31 Å². The van der Waals surface area contributed by atoms with Crippen LogP contribution >= 0.6 is 0 Å². The van der Waals surface area contributed by atoms with E-state index in [1.54, 1.807) is 0 Å². The van der Waals surface area contributed by atoms with E-state index in [1.165, 1.54) is 29.4 Å². The van der Waals surface area contributed by atoms with Gasteiger partial charge in [-0.15, -0.1) is 0 Å². The number of nitrogens with zero attached hydrogens (tertiary/aromatic N) is 1. The van der Waals surface area contributed by atoms with Crippen LogP contribution in [0.15, 0.2) is 23.1 Å². The summed E-state index contributed by atoms with van der Waals surface area (Å²) in [6.45, 7) is 1.78. The molecule has 1 aliphatic rings. The predicted octanol–water partition coefficient (Wildman–Crippen LogP) is 0.449. The largest absolute Gasteiger partial charge is 0.478 e. The Balaban J connectivity index is 2.47. The summed E-state index contributed by atoms with van der Waals surface area (Å²) in [6, 6.07) is 4.17. The van der Waals surface area contributed by atoms with Crippen molar-refractivity contribution in [2.75, 3.05) is 13.1 Å². The van der Waals surface area contributed by atoms with Gasteiger partial charge in [0.05, 0.1) is 16.6 Å². The zero-order chi connectivity index (χ0) is 14.2. The molecule has 0 saturated carbocycles. The van der Waals surface area contributed by atoms with E-state index >= 15 is 0 Å². The number of sulfonamides is 1. The summed E-state index contributed by atoms with van der Waals surface area (Å²) in [7, 11) is -3.75. The van der Waals surface area contributed by atoms with Crippen molar-refractivity contribution in [1.29, 1.82) is 0 Å². The second-order valence-corrected chi connectivity index (χ2v) is 6.45. The number of carbonyl (C=O) groups is 1. The SMILES string of the molecule is Cc1c(C(=O)O)cccc1S(=O)(=O)N1CCC(O)C1. The highest BCUT2D eigenvalue weighted by atomic mass is 32.2. The molecule has 2 N–H and O–H groups in total. The Labute approximate surface area is 111 Å². The third-order valence-electron chi connectivity index (χ3n) is 3.26. The van der Waals surface area contributed by atoms with Crippen molar-refractivity contribution in [2.24, 2.45) is 0 Å². The van der Waals surface area contributed by atoms with Crippen LogP contribution < -0.4 is 0 Å². The Morgan fingerprint density at radius 3 is 2.63 bits per heavy atom. The Hall–Kier alpha value is -1.44. The molecule has 0 amide bonds. The van der Waals surface area contributed by atoms with Crippen LogP contribution in [0.4, 0.5) is 0 Å². The van der Waals surface area contributed by atoms with E-state index < -0.39 is 22.1 Å². The van der Waals surface area contributed by atoms with Crippen molar-refractivity contribution in [3.63, 3.8) is 0 Å². The van der Waals surface area contributed by atoms with Gasteiger partial charge in [0, 0.05) is 13.1 Å². The number of rotatable bonds is 3. The molecule has 1 unspecified atom stereocenters. The molecule has 19 heavy (non-hydrogen) atoms. The Morgan fingerprint density at radius 1 is 1.42 bits per heavy atom. The van der Waals surface area contributed by atoms with Gasteiger partial charge in [-0.25, -0.2) is 13.2 Å². The average Bonchev–Trinajstić information content (AvgIpc) is 2.76. The molecule has 1 aliphatic heterocycles. The van der Waals surface area contributed by atoms with Crippen LogP contribution in [-0.2, 0) is 10.0 Å². The van der Waals surface area contributed by atoms with Crippen LogP contribution in [0.2, 0.25) is 0 Å². The number of aliphatic hydroxyl groups is 1. The number of benzene rings is 1. The first-order chi connectivity index (χ1) is 8.84. The van der Waals surface area contributed by atoms with Gasteiger partial charge >= 0.3 is 5.97 Å². The van der Waals surface area contributed by atoms with Gasteiger partial charge in [0.25, 0.3) is 0 Å². The molecule has 2 rings (SSSR count). The Kier molecular flexibility index (Phi) is 3.62. The van der Waals surface area contributed by atoms with Crippen molar-refractivity contribution < 1.29 is 23.4 Å². The van der Waals surface area contributed by atoms with E-state index in [-0.39, 0.29) is 29.1 Å². The monoisotopic (exact) mass is 285 g/mol. The van der Waals surface area contributed by atoms with Crippen molar-refractivity contribution >= 4 is 16.0 Å². The van der Waals surface area contributed by atoms with E-state index in [4.69, 9.17) is 5.11 Å². The van der Waals surface area contributed by atoms with E-state index in [0.717, 1.165) is 0 Å². The number of carboxylic acid groups (broad SMARTS) is 1. The Bertz CT molecular complexity index is 611. The maximum absolute atomic E-state index is 12.4. The molecule has 0 bridgehead atoms. The normalized spacial score (nSPS) is 20.6. The van der Waals surface area contributed by atoms with Gasteiger partial charge in [0.1, 0.15) is 0 Å². The van der Waals surface area contributed by atoms with E-state index in [0.29, 0.717) is 6.42 Å². The van der Waals surface area contributed by atoms with Crippen LogP contribution in [0.1, 0.15) is 22.3 Å². The van der Waals surface area contributed by atoms with Crippen molar-refractivity contribution in [3.8, 4) is 0 Å². The van der Waals surface area contributed by atoms with Crippen molar-refractivity contribution in [3.05, 3.63) is 29.3 Å². The molecule has 1 atom stereocenters. The van der Waals surface area contributed by atoms with Gasteiger partial charge in [-0.1, -0.05) is 6.07 Å². The Morgan fingerprint density at radius 2 is 2.11 bits per heavy atom. The summed E-state index contributed by atoms with van der Waals surface area (Å²) < 4.78 is 26.0. The van der Waals surface area contributed by atoms with Gasteiger partial charge in [-0.2, -0.15) is 4.31 Å². The topological polar surface area (TPSA) is 94.9 Å². The van der Waals surface area contributed by atoms with E-state index in [1.807, 2.05) is 0 Å². The summed E-state index contributed by atoms with van der Waals surface area (Å²) in [4.78, 5) is 11.0. The van der Waals surface area contributed by atoms with E-state index in [9.17, 15) is 18.3 Å². The summed E-state index contributed by atoms with van der Waals surface area (Å²) in [5.41, 5.74) is 0.192. The van der Waals surface area contributed by atoms with Crippen LogP contribution in [0.5, 0.6) is 0 Å². The molecule has 1 heterocycles.